The van der Waals surface area contributed by atoms with Gasteiger partial charge in [0.05, 0.1) is 10.9 Å². The summed E-state index contributed by atoms with van der Waals surface area (Å²) in [6, 6.07) is 6.12. The highest BCUT2D eigenvalue weighted by Crippen LogP contribution is 2.17. The molecule has 1 unspecified atom stereocenters. The van der Waals surface area contributed by atoms with Gasteiger partial charge in [-0.1, -0.05) is 18.2 Å². The molecule has 1 heterocycles. The number of nitrogens with two attached hydrogens (primary N) is 1. The maximum atomic E-state index is 12.3. The van der Waals surface area contributed by atoms with E-state index in [-0.39, 0.29) is 11.4 Å². The number of nitrogens with zero attached hydrogens (tertiary/aromatic N) is 2. The monoisotopic (exact) mass is 281 g/mol. The molecule has 4 N–H and O–H groups in total. The Labute approximate surface area is 111 Å². The van der Waals surface area contributed by atoms with Crippen molar-refractivity contribution in [2.45, 2.75) is 24.4 Å². The molecule has 0 bridgehead atoms. The van der Waals surface area contributed by atoms with Crippen LogP contribution in [0.3, 0.4) is 0 Å². The minimum absolute atomic E-state index is 0.160. The molecule has 0 radical (unpaired) electrons. The molecular formula is C11H15N5O2S. The summed E-state index contributed by atoms with van der Waals surface area (Å²) in [5.41, 5.74) is 6.12. The van der Waals surface area contributed by atoms with Crippen molar-refractivity contribution in [1.29, 1.82) is 0 Å². The topological polar surface area (TPSA) is 114 Å². The first-order valence-corrected chi connectivity index (χ1v) is 7.18. The predicted molar refractivity (Wildman–Crippen MR) is 69.5 cm³/mol. The summed E-state index contributed by atoms with van der Waals surface area (Å²) in [5.74, 6) is 0.453. The Morgan fingerprint density at radius 2 is 2.16 bits per heavy atom. The van der Waals surface area contributed by atoms with E-state index in [0.717, 1.165) is 0 Å². The SMILES string of the molecule is CC(NS(=O)(=O)c1ccccc1CN)c1ncn[nH]1. The molecule has 0 aliphatic carbocycles. The minimum atomic E-state index is -3.65. The Bertz CT molecular complexity index is 639. The zero-order valence-corrected chi connectivity index (χ0v) is 11.2. The van der Waals surface area contributed by atoms with Gasteiger partial charge in [-0.05, 0) is 18.6 Å². The van der Waals surface area contributed by atoms with Crippen molar-refractivity contribution in [1.82, 2.24) is 19.9 Å². The van der Waals surface area contributed by atoms with Gasteiger partial charge in [0.15, 0.2) is 0 Å². The first kappa shape index (κ1) is 13.7. The number of rotatable bonds is 5. The number of benzene rings is 1. The van der Waals surface area contributed by atoms with Crippen LogP contribution in [0.5, 0.6) is 0 Å². The first-order valence-electron chi connectivity index (χ1n) is 5.70. The van der Waals surface area contributed by atoms with E-state index in [1.54, 1.807) is 25.1 Å². The van der Waals surface area contributed by atoms with Gasteiger partial charge in [0.1, 0.15) is 12.2 Å². The normalized spacial score (nSPS) is 13.4. The van der Waals surface area contributed by atoms with Crippen LogP contribution >= 0.6 is 0 Å². The van der Waals surface area contributed by atoms with E-state index in [1.807, 2.05) is 0 Å². The number of nitrogens with one attached hydrogen (secondary N) is 2. The Kier molecular flexibility index (Phi) is 3.93. The molecular weight excluding hydrogens is 266 g/mol. The molecule has 0 spiro atoms. The number of H-pyrrole nitrogens is 1. The fourth-order valence-corrected chi connectivity index (χ4v) is 3.17. The number of hydrogen-bond acceptors (Lipinski definition) is 5. The van der Waals surface area contributed by atoms with Gasteiger partial charge >= 0.3 is 0 Å². The molecule has 0 aliphatic heterocycles. The Morgan fingerprint density at radius 3 is 2.79 bits per heavy atom. The van der Waals surface area contributed by atoms with Crippen molar-refractivity contribution in [3.63, 3.8) is 0 Å². The molecule has 0 saturated heterocycles. The van der Waals surface area contributed by atoms with E-state index in [1.165, 1.54) is 12.4 Å². The summed E-state index contributed by atoms with van der Waals surface area (Å²) in [5, 5.41) is 6.32. The summed E-state index contributed by atoms with van der Waals surface area (Å²) in [6.07, 6.45) is 1.33. The van der Waals surface area contributed by atoms with Crippen molar-refractivity contribution in [2.24, 2.45) is 5.73 Å². The fourth-order valence-electron chi connectivity index (χ4n) is 1.71. The highest BCUT2D eigenvalue weighted by atomic mass is 32.2. The van der Waals surface area contributed by atoms with Gasteiger partial charge in [0.25, 0.3) is 0 Å². The van der Waals surface area contributed by atoms with E-state index < -0.39 is 16.1 Å². The lowest BCUT2D eigenvalue weighted by molar-refractivity contribution is 0.559. The van der Waals surface area contributed by atoms with Gasteiger partial charge in [-0.15, -0.1) is 0 Å². The number of aromatic nitrogens is 3. The number of aromatic amines is 1. The van der Waals surface area contributed by atoms with Crippen LogP contribution in [0.4, 0.5) is 0 Å². The predicted octanol–water partition coefficient (Wildman–Crippen LogP) is 0.303. The van der Waals surface area contributed by atoms with Crippen molar-refractivity contribution >= 4 is 10.0 Å². The molecule has 0 amide bonds. The second-order valence-electron chi connectivity index (χ2n) is 4.03. The van der Waals surface area contributed by atoms with E-state index in [9.17, 15) is 8.42 Å². The molecule has 0 aliphatic rings. The van der Waals surface area contributed by atoms with Crippen molar-refractivity contribution in [2.75, 3.05) is 0 Å². The third kappa shape index (κ3) is 2.98. The van der Waals surface area contributed by atoms with Crippen LogP contribution in [0, 0.1) is 0 Å². The van der Waals surface area contributed by atoms with Crippen molar-refractivity contribution < 1.29 is 8.42 Å². The number of hydrogen-bond donors (Lipinski definition) is 3. The second-order valence-corrected chi connectivity index (χ2v) is 5.71. The van der Waals surface area contributed by atoms with Gasteiger partial charge in [0, 0.05) is 6.54 Å². The Balaban J connectivity index is 2.28. The van der Waals surface area contributed by atoms with Crippen LogP contribution in [0.2, 0.25) is 0 Å². The van der Waals surface area contributed by atoms with Crippen LogP contribution in [0.1, 0.15) is 24.4 Å². The van der Waals surface area contributed by atoms with Gasteiger partial charge in [-0.3, -0.25) is 5.10 Å². The van der Waals surface area contributed by atoms with E-state index in [4.69, 9.17) is 5.73 Å². The van der Waals surface area contributed by atoms with E-state index in [2.05, 4.69) is 19.9 Å². The van der Waals surface area contributed by atoms with E-state index >= 15 is 0 Å². The van der Waals surface area contributed by atoms with Crippen LogP contribution in [-0.4, -0.2) is 23.6 Å². The minimum Gasteiger partial charge on any atom is -0.326 e. The van der Waals surface area contributed by atoms with Crippen molar-refractivity contribution in [3.8, 4) is 0 Å². The van der Waals surface area contributed by atoms with E-state index in [0.29, 0.717) is 11.4 Å². The molecule has 0 saturated carbocycles. The van der Waals surface area contributed by atoms with Crippen LogP contribution in [0.15, 0.2) is 35.5 Å². The lowest BCUT2D eigenvalue weighted by Gasteiger charge is -2.13. The smallest absolute Gasteiger partial charge is 0.241 e. The van der Waals surface area contributed by atoms with Gasteiger partial charge in [-0.25, -0.2) is 18.1 Å². The summed E-state index contributed by atoms with van der Waals surface area (Å²) >= 11 is 0. The highest BCUT2D eigenvalue weighted by molar-refractivity contribution is 7.89. The molecule has 2 rings (SSSR count). The summed E-state index contributed by atoms with van der Waals surface area (Å²) < 4.78 is 27.1. The van der Waals surface area contributed by atoms with Gasteiger partial charge < -0.3 is 5.73 Å². The molecule has 2 aromatic rings. The average molecular weight is 281 g/mol. The Hall–Kier alpha value is -1.77. The van der Waals surface area contributed by atoms with Gasteiger partial charge in [0.2, 0.25) is 10.0 Å². The maximum absolute atomic E-state index is 12.3. The molecule has 1 atom stereocenters. The largest absolute Gasteiger partial charge is 0.326 e. The van der Waals surface area contributed by atoms with Crippen LogP contribution in [0.25, 0.3) is 0 Å². The molecule has 19 heavy (non-hydrogen) atoms. The summed E-state index contributed by atoms with van der Waals surface area (Å²) in [7, 11) is -3.65. The molecule has 1 aromatic heterocycles. The second kappa shape index (κ2) is 5.47. The third-order valence-corrected chi connectivity index (χ3v) is 4.30. The third-order valence-electron chi connectivity index (χ3n) is 2.66. The summed E-state index contributed by atoms with van der Waals surface area (Å²) in [4.78, 5) is 4.10. The lowest BCUT2D eigenvalue weighted by atomic mass is 10.2. The van der Waals surface area contributed by atoms with Crippen LogP contribution < -0.4 is 10.5 Å². The quantitative estimate of drug-likeness (QED) is 0.729. The molecule has 1 aromatic carbocycles. The fraction of sp³-hybridized carbons (Fsp3) is 0.273. The summed E-state index contributed by atoms with van der Waals surface area (Å²) in [6.45, 7) is 1.84. The maximum Gasteiger partial charge on any atom is 0.241 e. The zero-order valence-electron chi connectivity index (χ0n) is 10.4. The molecule has 7 nitrogen and oxygen atoms in total. The number of sulfonamides is 1. The molecule has 102 valence electrons. The Morgan fingerprint density at radius 1 is 1.42 bits per heavy atom. The van der Waals surface area contributed by atoms with Crippen LogP contribution in [-0.2, 0) is 16.6 Å². The molecule has 8 heteroatoms. The highest BCUT2D eigenvalue weighted by Gasteiger charge is 2.21. The van der Waals surface area contributed by atoms with Gasteiger partial charge in [-0.2, -0.15) is 5.10 Å². The van der Waals surface area contributed by atoms with Crippen molar-refractivity contribution in [3.05, 3.63) is 42.0 Å². The molecule has 0 fully saturated rings. The zero-order chi connectivity index (χ0) is 13.9. The lowest BCUT2D eigenvalue weighted by Crippen LogP contribution is -2.28. The standard InChI is InChI=1S/C11H15N5O2S/c1-8(11-13-7-14-15-11)16-19(17,18)10-5-3-2-4-9(10)6-12/h2-5,7-8,16H,6,12H2,1H3,(H,13,14,15). The first-order chi connectivity index (χ1) is 9.04. The average Bonchev–Trinajstić information content (AvgIpc) is 2.92.